The molecule has 0 aliphatic heterocycles. The van der Waals surface area contributed by atoms with E-state index in [1.54, 1.807) is 0 Å². The predicted octanol–water partition coefficient (Wildman–Crippen LogP) is 4.22. The fraction of sp³-hybridized carbons (Fsp3) is 0.812. The molecule has 1 N–H and O–H groups in total. The lowest BCUT2D eigenvalue weighted by Gasteiger charge is -2.22. The van der Waals surface area contributed by atoms with Crippen molar-refractivity contribution < 1.29 is 0 Å². The average Bonchev–Trinajstić information content (AvgIpc) is 3.13. The Bertz CT molecular complexity index is 398. The number of thiazole rings is 1. The first-order valence-corrected chi connectivity index (χ1v) is 8.89. The van der Waals surface area contributed by atoms with Crippen molar-refractivity contribution in [3.63, 3.8) is 0 Å². The van der Waals surface area contributed by atoms with Crippen molar-refractivity contribution in [1.82, 2.24) is 10.3 Å². The normalized spacial score (nSPS) is 16.6. The van der Waals surface area contributed by atoms with Gasteiger partial charge < -0.3 is 10.2 Å². The zero-order chi connectivity index (χ0) is 14.5. The minimum atomic E-state index is 0.423. The molecule has 0 saturated heterocycles. The molecule has 1 heterocycles. The number of aromatic nitrogens is 1. The number of hydrogen-bond acceptors (Lipinski definition) is 4. The molecule has 1 aromatic heterocycles. The fourth-order valence-electron chi connectivity index (χ4n) is 2.29. The minimum Gasteiger partial charge on any atom is -0.345 e. The van der Waals surface area contributed by atoms with Crippen LogP contribution in [0.4, 0.5) is 5.13 Å². The zero-order valence-electron chi connectivity index (χ0n) is 13.4. The van der Waals surface area contributed by atoms with E-state index in [0.29, 0.717) is 6.04 Å². The first-order chi connectivity index (χ1) is 9.61. The molecule has 0 aromatic carbocycles. The molecular weight excluding hydrogens is 266 g/mol. The SMILES string of the molecule is CCCNC(C)c1cnc(N(CCC(C)C)C2CC2)s1. The van der Waals surface area contributed by atoms with Crippen molar-refractivity contribution in [3.8, 4) is 0 Å². The van der Waals surface area contributed by atoms with Crippen molar-refractivity contribution in [2.45, 2.75) is 65.5 Å². The summed E-state index contributed by atoms with van der Waals surface area (Å²) in [5, 5.41) is 4.78. The highest BCUT2D eigenvalue weighted by molar-refractivity contribution is 7.15. The van der Waals surface area contributed by atoms with Crippen LogP contribution in [0.5, 0.6) is 0 Å². The van der Waals surface area contributed by atoms with Crippen LogP contribution in [0.3, 0.4) is 0 Å². The number of rotatable bonds is 9. The number of nitrogens with zero attached hydrogens (tertiary/aromatic N) is 2. The van der Waals surface area contributed by atoms with Crippen molar-refractivity contribution in [2.24, 2.45) is 5.92 Å². The van der Waals surface area contributed by atoms with Gasteiger partial charge in [0.2, 0.25) is 0 Å². The summed E-state index contributed by atoms with van der Waals surface area (Å²) in [6.07, 6.45) is 7.19. The average molecular weight is 295 g/mol. The zero-order valence-corrected chi connectivity index (χ0v) is 14.2. The van der Waals surface area contributed by atoms with Crippen LogP contribution in [0.1, 0.15) is 64.3 Å². The van der Waals surface area contributed by atoms with Crippen LogP contribution in [0.15, 0.2) is 6.20 Å². The summed E-state index contributed by atoms with van der Waals surface area (Å²) >= 11 is 1.87. The molecule has 1 aliphatic rings. The molecule has 4 heteroatoms. The van der Waals surface area contributed by atoms with Gasteiger partial charge in [-0.3, -0.25) is 0 Å². The van der Waals surface area contributed by atoms with Crippen molar-refractivity contribution in [2.75, 3.05) is 18.0 Å². The summed E-state index contributed by atoms with van der Waals surface area (Å²) in [4.78, 5) is 8.60. The van der Waals surface area contributed by atoms with E-state index in [1.165, 1.54) is 35.7 Å². The molecule has 1 atom stereocenters. The Hall–Kier alpha value is -0.610. The van der Waals surface area contributed by atoms with Crippen LogP contribution in [0, 0.1) is 5.92 Å². The molecule has 2 rings (SSSR count). The van der Waals surface area contributed by atoms with Gasteiger partial charge in [-0.05, 0) is 45.1 Å². The largest absolute Gasteiger partial charge is 0.345 e. The molecule has 1 aromatic rings. The summed E-state index contributed by atoms with van der Waals surface area (Å²) in [7, 11) is 0. The Morgan fingerprint density at radius 3 is 2.75 bits per heavy atom. The number of anilines is 1. The van der Waals surface area contributed by atoms with Gasteiger partial charge in [-0.25, -0.2) is 4.98 Å². The molecule has 20 heavy (non-hydrogen) atoms. The van der Waals surface area contributed by atoms with Gasteiger partial charge in [0.15, 0.2) is 5.13 Å². The molecule has 1 unspecified atom stereocenters. The summed E-state index contributed by atoms with van der Waals surface area (Å²) < 4.78 is 0. The Kier molecular flexibility index (Phi) is 5.85. The van der Waals surface area contributed by atoms with Crippen LogP contribution >= 0.6 is 11.3 Å². The van der Waals surface area contributed by atoms with Crippen molar-refractivity contribution in [1.29, 1.82) is 0 Å². The highest BCUT2D eigenvalue weighted by atomic mass is 32.1. The third-order valence-corrected chi connectivity index (χ3v) is 5.04. The Balaban J connectivity index is 1.97. The van der Waals surface area contributed by atoms with E-state index in [1.807, 2.05) is 11.3 Å². The maximum Gasteiger partial charge on any atom is 0.185 e. The first-order valence-electron chi connectivity index (χ1n) is 8.07. The fourth-order valence-corrected chi connectivity index (χ4v) is 3.33. The van der Waals surface area contributed by atoms with Crippen LogP contribution in [0.25, 0.3) is 0 Å². The Morgan fingerprint density at radius 1 is 1.40 bits per heavy atom. The lowest BCUT2D eigenvalue weighted by atomic mass is 10.1. The molecule has 0 radical (unpaired) electrons. The van der Waals surface area contributed by atoms with Gasteiger partial charge in [-0.2, -0.15) is 0 Å². The monoisotopic (exact) mass is 295 g/mol. The lowest BCUT2D eigenvalue weighted by molar-refractivity contribution is 0.570. The summed E-state index contributed by atoms with van der Waals surface area (Å²) in [5.41, 5.74) is 0. The molecule has 1 aliphatic carbocycles. The second-order valence-corrected chi connectivity index (χ2v) is 7.37. The molecular formula is C16H29N3S. The predicted molar refractivity (Wildman–Crippen MR) is 88.6 cm³/mol. The number of hydrogen-bond donors (Lipinski definition) is 1. The van der Waals surface area contributed by atoms with Gasteiger partial charge in [0, 0.05) is 29.7 Å². The molecule has 0 bridgehead atoms. The van der Waals surface area contributed by atoms with E-state index >= 15 is 0 Å². The van der Waals surface area contributed by atoms with E-state index in [-0.39, 0.29) is 0 Å². The van der Waals surface area contributed by atoms with Crippen molar-refractivity contribution >= 4 is 16.5 Å². The second kappa shape index (κ2) is 7.41. The van der Waals surface area contributed by atoms with E-state index in [9.17, 15) is 0 Å². The highest BCUT2D eigenvalue weighted by Crippen LogP contribution is 2.35. The van der Waals surface area contributed by atoms with Gasteiger partial charge in [0.1, 0.15) is 0 Å². The van der Waals surface area contributed by atoms with Crippen LogP contribution < -0.4 is 10.2 Å². The lowest BCUT2D eigenvalue weighted by Crippen LogP contribution is -2.27. The van der Waals surface area contributed by atoms with E-state index in [2.05, 4.69) is 49.1 Å². The summed E-state index contributed by atoms with van der Waals surface area (Å²) in [5.74, 6) is 0.765. The third kappa shape index (κ3) is 4.45. The van der Waals surface area contributed by atoms with Crippen molar-refractivity contribution in [3.05, 3.63) is 11.1 Å². The molecule has 0 spiro atoms. The van der Waals surface area contributed by atoms with E-state index < -0.39 is 0 Å². The topological polar surface area (TPSA) is 28.2 Å². The van der Waals surface area contributed by atoms with Crippen LogP contribution in [-0.4, -0.2) is 24.1 Å². The van der Waals surface area contributed by atoms with E-state index in [4.69, 9.17) is 0 Å². The Labute approximate surface area is 127 Å². The van der Waals surface area contributed by atoms with Crippen LogP contribution in [0.2, 0.25) is 0 Å². The first kappa shape index (κ1) is 15.8. The van der Waals surface area contributed by atoms with Gasteiger partial charge in [0.25, 0.3) is 0 Å². The van der Waals surface area contributed by atoms with Gasteiger partial charge >= 0.3 is 0 Å². The summed E-state index contributed by atoms with van der Waals surface area (Å²) in [6, 6.07) is 1.18. The smallest absolute Gasteiger partial charge is 0.185 e. The summed E-state index contributed by atoms with van der Waals surface area (Å²) in [6.45, 7) is 11.3. The molecule has 1 saturated carbocycles. The molecule has 114 valence electrons. The molecule has 0 amide bonds. The van der Waals surface area contributed by atoms with E-state index in [0.717, 1.165) is 25.0 Å². The third-order valence-electron chi connectivity index (χ3n) is 3.82. The van der Waals surface area contributed by atoms with Gasteiger partial charge in [-0.1, -0.05) is 20.8 Å². The molecule has 1 fully saturated rings. The highest BCUT2D eigenvalue weighted by Gasteiger charge is 2.31. The van der Waals surface area contributed by atoms with Gasteiger partial charge in [0.05, 0.1) is 0 Å². The second-order valence-electron chi connectivity index (χ2n) is 6.33. The standard InChI is InChI=1S/C16H29N3S/c1-5-9-17-13(4)15-11-18-16(20-15)19(14-6-7-14)10-8-12(2)3/h11-14,17H,5-10H2,1-4H3. The maximum absolute atomic E-state index is 4.69. The Morgan fingerprint density at radius 2 is 2.15 bits per heavy atom. The van der Waals surface area contributed by atoms with Gasteiger partial charge in [-0.15, -0.1) is 11.3 Å². The quantitative estimate of drug-likeness (QED) is 0.739. The number of nitrogens with one attached hydrogen (secondary N) is 1. The minimum absolute atomic E-state index is 0.423. The maximum atomic E-state index is 4.69. The molecule has 3 nitrogen and oxygen atoms in total. The van der Waals surface area contributed by atoms with Crippen LogP contribution in [-0.2, 0) is 0 Å².